The molecule has 1 saturated carbocycles. The Balaban J connectivity index is 1.05. The van der Waals surface area contributed by atoms with Gasteiger partial charge in [-0.1, -0.05) is 6.07 Å². The summed E-state index contributed by atoms with van der Waals surface area (Å²) in [5, 5.41) is 33.4. The van der Waals surface area contributed by atoms with Crippen molar-refractivity contribution in [2.45, 2.75) is 90.0 Å². The number of benzene rings is 1. The Labute approximate surface area is 296 Å². The molecule has 4 aromatic heterocycles. The number of aryl methyl sites for hydroxylation is 1. The van der Waals surface area contributed by atoms with Crippen LogP contribution in [0.2, 0.25) is 0 Å². The minimum Gasteiger partial charge on any atom is -0.487 e. The van der Waals surface area contributed by atoms with Crippen molar-refractivity contribution in [1.82, 2.24) is 54.6 Å². The molecule has 0 amide bonds. The monoisotopic (exact) mass is 693 g/mol. The van der Waals surface area contributed by atoms with E-state index in [2.05, 4.69) is 60.7 Å². The highest BCUT2D eigenvalue weighted by atomic mass is 16.5. The fourth-order valence-corrected chi connectivity index (χ4v) is 6.98. The van der Waals surface area contributed by atoms with Crippen LogP contribution in [0.3, 0.4) is 0 Å². The molecule has 2 aliphatic rings. The molecular weight excluding hydrogens is 650 g/mol. The molecule has 0 radical (unpaired) electrons. The lowest BCUT2D eigenvalue weighted by molar-refractivity contribution is -0.0852. The summed E-state index contributed by atoms with van der Waals surface area (Å²) in [5.41, 5.74) is 3.63. The van der Waals surface area contributed by atoms with Crippen molar-refractivity contribution in [2.75, 3.05) is 18.4 Å². The summed E-state index contributed by atoms with van der Waals surface area (Å²) in [4.78, 5) is 11.8. The smallest absolute Gasteiger partial charge is 0.257 e. The van der Waals surface area contributed by atoms with Gasteiger partial charge < -0.3 is 19.5 Å². The van der Waals surface area contributed by atoms with E-state index in [-0.39, 0.29) is 24.4 Å². The summed E-state index contributed by atoms with van der Waals surface area (Å²) in [6, 6.07) is 10.4. The van der Waals surface area contributed by atoms with Crippen LogP contribution in [0.25, 0.3) is 11.1 Å². The van der Waals surface area contributed by atoms with E-state index in [0.717, 1.165) is 55.6 Å². The van der Waals surface area contributed by atoms with E-state index in [1.807, 2.05) is 43.0 Å². The van der Waals surface area contributed by atoms with E-state index in [9.17, 15) is 5.26 Å². The minimum absolute atomic E-state index is 0.262. The third-order valence-electron chi connectivity index (χ3n) is 9.48. The van der Waals surface area contributed by atoms with Crippen molar-refractivity contribution >= 4 is 11.6 Å². The lowest BCUT2D eigenvalue weighted by atomic mass is 9.89. The Morgan fingerprint density at radius 1 is 1.04 bits per heavy atom. The van der Waals surface area contributed by atoms with Gasteiger partial charge in [-0.25, -0.2) is 14.6 Å². The molecule has 1 saturated heterocycles. The zero-order valence-electron chi connectivity index (χ0n) is 29.3. The zero-order chi connectivity index (χ0) is 35.3. The van der Waals surface area contributed by atoms with Crippen LogP contribution in [-0.2, 0) is 24.9 Å². The van der Waals surface area contributed by atoms with Gasteiger partial charge in [-0.2, -0.15) is 10.4 Å². The highest BCUT2D eigenvalue weighted by Crippen LogP contribution is 2.36. The molecule has 2 fully saturated rings. The fourth-order valence-electron chi connectivity index (χ4n) is 6.98. The second-order valence-electron chi connectivity index (χ2n) is 13.4. The maximum atomic E-state index is 9.69. The third-order valence-corrected chi connectivity index (χ3v) is 9.48. The molecule has 5 aromatic rings. The van der Waals surface area contributed by atoms with Crippen LogP contribution in [-0.4, -0.2) is 92.1 Å². The van der Waals surface area contributed by atoms with Gasteiger partial charge in [-0.05, 0) is 80.6 Å². The molecule has 0 spiro atoms. The van der Waals surface area contributed by atoms with E-state index in [1.165, 1.54) is 6.33 Å². The van der Waals surface area contributed by atoms with Crippen LogP contribution in [0.5, 0.6) is 11.6 Å². The quantitative estimate of drug-likeness (QED) is 0.196. The van der Waals surface area contributed by atoms with Crippen LogP contribution < -0.4 is 14.8 Å². The first kappa shape index (κ1) is 34.1. The SMILES string of the molecule is C[C@@H]1CN(C2CCC(n3cc(Nc4ncc(-c5ccc(C#N)c(O[C@@H](C)Cn6cnnn6)c5)cn4)c(OCc4ccnn4C)n3)CC2)C[C@H](C)O1. The Bertz CT molecular complexity index is 1920. The molecule has 5 heterocycles. The van der Waals surface area contributed by atoms with Crippen molar-refractivity contribution in [3.8, 4) is 28.8 Å². The number of nitriles is 1. The maximum Gasteiger partial charge on any atom is 0.257 e. The summed E-state index contributed by atoms with van der Waals surface area (Å²) in [5.74, 6) is 1.35. The molecule has 0 unspecified atom stereocenters. The molecule has 16 nitrogen and oxygen atoms in total. The Morgan fingerprint density at radius 3 is 2.49 bits per heavy atom. The molecule has 1 aliphatic carbocycles. The largest absolute Gasteiger partial charge is 0.487 e. The molecule has 7 rings (SSSR count). The van der Waals surface area contributed by atoms with Crippen LogP contribution in [0.15, 0.2) is 55.4 Å². The van der Waals surface area contributed by atoms with Crippen LogP contribution in [0.4, 0.5) is 11.6 Å². The first-order valence-electron chi connectivity index (χ1n) is 17.4. The van der Waals surface area contributed by atoms with Gasteiger partial charge in [-0.15, -0.1) is 10.2 Å². The predicted octanol–water partition coefficient (Wildman–Crippen LogP) is 4.31. The van der Waals surface area contributed by atoms with Crippen molar-refractivity contribution < 1.29 is 14.2 Å². The van der Waals surface area contributed by atoms with Crippen molar-refractivity contribution in [2.24, 2.45) is 7.05 Å². The lowest BCUT2D eigenvalue weighted by Crippen LogP contribution is -2.51. The van der Waals surface area contributed by atoms with Crippen molar-refractivity contribution in [1.29, 1.82) is 5.26 Å². The molecule has 0 bridgehead atoms. The number of hydrogen-bond acceptors (Lipinski definition) is 13. The second-order valence-corrected chi connectivity index (χ2v) is 13.4. The highest BCUT2D eigenvalue weighted by Gasteiger charge is 2.32. The van der Waals surface area contributed by atoms with Gasteiger partial charge in [0, 0.05) is 50.3 Å². The Morgan fingerprint density at radius 2 is 1.80 bits per heavy atom. The summed E-state index contributed by atoms with van der Waals surface area (Å²) >= 11 is 0. The minimum atomic E-state index is -0.277. The standard InChI is InChI=1S/C35H43N13O3/c1-23-17-46(18-24(2)50-23)29-7-9-30(10-8-29)48-20-32(34(42-48)49-21-31-11-12-40-45(31)4)41-35-37-15-28(16-38-35)26-5-6-27(14-36)33(13-26)51-25(3)19-47-22-39-43-44-47/h5-6,11-13,15-16,20,22-25,29-30H,7-10,17-19,21H2,1-4H3,(H,37,38,41)/t23-,24+,25-,29?,30?/m0/s1. The first-order valence-corrected chi connectivity index (χ1v) is 17.4. The molecule has 16 heteroatoms. The third kappa shape index (κ3) is 8.16. The number of morpholine rings is 1. The number of anilines is 2. The predicted molar refractivity (Wildman–Crippen MR) is 186 cm³/mol. The van der Waals surface area contributed by atoms with Gasteiger partial charge in [-0.3, -0.25) is 14.3 Å². The van der Waals surface area contributed by atoms with Crippen molar-refractivity contribution in [3.05, 3.63) is 66.6 Å². The second kappa shape index (κ2) is 15.2. The molecule has 51 heavy (non-hydrogen) atoms. The van der Waals surface area contributed by atoms with Crippen LogP contribution >= 0.6 is 0 Å². The summed E-state index contributed by atoms with van der Waals surface area (Å²) in [7, 11) is 1.89. The molecular formula is C35H43N13O3. The summed E-state index contributed by atoms with van der Waals surface area (Å²) < 4.78 is 23.7. The highest BCUT2D eigenvalue weighted by molar-refractivity contribution is 5.67. The van der Waals surface area contributed by atoms with E-state index in [4.69, 9.17) is 19.3 Å². The van der Waals surface area contributed by atoms with E-state index in [0.29, 0.717) is 48.0 Å². The van der Waals surface area contributed by atoms with Gasteiger partial charge in [0.25, 0.3) is 5.88 Å². The molecule has 1 N–H and O–H groups in total. The number of nitrogens with one attached hydrogen (secondary N) is 1. The zero-order valence-corrected chi connectivity index (χ0v) is 29.3. The number of aromatic nitrogens is 10. The molecule has 3 atom stereocenters. The van der Waals surface area contributed by atoms with E-state index < -0.39 is 0 Å². The van der Waals surface area contributed by atoms with E-state index >= 15 is 0 Å². The molecule has 266 valence electrons. The number of ether oxygens (including phenoxy) is 3. The van der Waals surface area contributed by atoms with Crippen LogP contribution in [0.1, 0.15) is 63.8 Å². The summed E-state index contributed by atoms with van der Waals surface area (Å²) in [6.45, 7) is 8.96. The van der Waals surface area contributed by atoms with Gasteiger partial charge in [0.2, 0.25) is 5.95 Å². The van der Waals surface area contributed by atoms with Crippen molar-refractivity contribution in [3.63, 3.8) is 0 Å². The fraction of sp³-hybridized carbons (Fsp3) is 0.486. The average molecular weight is 694 g/mol. The van der Waals surface area contributed by atoms with Gasteiger partial charge in [0.1, 0.15) is 36.5 Å². The topological polar surface area (TPSA) is 172 Å². The Hall–Kier alpha value is -5.40. The molecule has 1 aliphatic heterocycles. The first-order chi connectivity index (χ1) is 24.8. The van der Waals surface area contributed by atoms with Gasteiger partial charge in [0.05, 0.1) is 42.2 Å². The Kier molecular flexibility index (Phi) is 10.2. The number of hydrogen-bond donors (Lipinski definition) is 1. The number of tetrazole rings is 1. The normalized spacial score (nSPS) is 21.5. The maximum absolute atomic E-state index is 9.69. The average Bonchev–Trinajstić information content (AvgIpc) is 3.89. The van der Waals surface area contributed by atoms with Gasteiger partial charge in [0.15, 0.2) is 0 Å². The van der Waals surface area contributed by atoms with Crippen LogP contribution in [0, 0.1) is 11.3 Å². The lowest BCUT2D eigenvalue weighted by Gasteiger charge is -2.42. The summed E-state index contributed by atoms with van der Waals surface area (Å²) in [6.07, 6.45) is 13.3. The van der Waals surface area contributed by atoms with E-state index in [1.54, 1.807) is 34.0 Å². The number of rotatable bonds is 12. The van der Waals surface area contributed by atoms with Gasteiger partial charge >= 0.3 is 0 Å². The number of nitrogens with zero attached hydrogens (tertiary/aromatic N) is 12. The molecule has 1 aromatic carbocycles.